The normalized spacial score (nSPS) is 17.7. The number of nitrogens with one attached hydrogen (secondary N) is 1. The molecular weight excluding hydrogens is 254 g/mol. The molecule has 1 heterocycles. The standard InChI is InChI=1S/C16H23NO3/c1-13(18)14-5-7-16(8-6-14)20-12-15(19)11-17-9-3-2-4-10-17/h5-8,15,19H,2-4,9-12H2,1H3/p+1/t15-/m1/s1. The lowest BCUT2D eigenvalue weighted by Gasteiger charge is -2.25. The maximum absolute atomic E-state index is 11.2. The van der Waals surface area contributed by atoms with Gasteiger partial charge >= 0.3 is 0 Å². The van der Waals surface area contributed by atoms with Crippen LogP contribution in [0.3, 0.4) is 0 Å². The van der Waals surface area contributed by atoms with Crippen molar-refractivity contribution in [2.24, 2.45) is 0 Å². The summed E-state index contributed by atoms with van der Waals surface area (Å²) in [6.07, 6.45) is 3.40. The van der Waals surface area contributed by atoms with Gasteiger partial charge in [0.1, 0.15) is 25.0 Å². The van der Waals surface area contributed by atoms with Crippen LogP contribution in [0.4, 0.5) is 0 Å². The molecule has 0 amide bonds. The SMILES string of the molecule is CC(=O)c1ccc(OC[C@H](O)C[NH+]2CCCCC2)cc1. The number of piperidine rings is 1. The number of ketones is 1. The predicted molar refractivity (Wildman–Crippen MR) is 77.4 cm³/mol. The van der Waals surface area contributed by atoms with Crippen molar-refractivity contribution < 1.29 is 19.5 Å². The fraction of sp³-hybridized carbons (Fsp3) is 0.562. The van der Waals surface area contributed by atoms with Gasteiger partial charge in [-0.15, -0.1) is 0 Å². The third-order valence-electron chi connectivity index (χ3n) is 3.79. The number of hydrogen-bond acceptors (Lipinski definition) is 3. The maximum Gasteiger partial charge on any atom is 0.159 e. The Morgan fingerprint density at radius 3 is 2.50 bits per heavy atom. The van der Waals surface area contributed by atoms with E-state index in [1.807, 2.05) is 0 Å². The summed E-state index contributed by atoms with van der Waals surface area (Å²) in [5.41, 5.74) is 0.677. The van der Waals surface area contributed by atoms with Gasteiger partial charge in [0.05, 0.1) is 13.1 Å². The topological polar surface area (TPSA) is 51.0 Å². The number of Topliss-reactive ketones (excluding diaryl/α,β-unsaturated/α-hetero) is 1. The third-order valence-corrected chi connectivity index (χ3v) is 3.79. The van der Waals surface area contributed by atoms with Crippen LogP contribution in [-0.2, 0) is 0 Å². The zero-order valence-electron chi connectivity index (χ0n) is 12.1. The summed E-state index contributed by atoms with van der Waals surface area (Å²) in [4.78, 5) is 12.6. The molecule has 2 N–H and O–H groups in total. The summed E-state index contributed by atoms with van der Waals surface area (Å²) >= 11 is 0. The molecule has 0 aliphatic carbocycles. The molecule has 4 heteroatoms. The monoisotopic (exact) mass is 278 g/mol. The summed E-state index contributed by atoms with van der Waals surface area (Å²) < 4.78 is 5.57. The number of rotatable bonds is 6. The first-order chi connectivity index (χ1) is 9.65. The number of quaternary nitrogens is 1. The molecule has 0 spiro atoms. The summed E-state index contributed by atoms with van der Waals surface area (Å²) in [5.74, 6) is 0.743. The maximum atomic E-state index is 11.2. The highest BCUT2D eigenvalue weighted by Crippen LogP contribution is 2.12. The summed E-state index contributed by atoms with van der Waals surface area (Å²) in [5, 5.41) is 10.0. The van der Waals surface area contributed by atoms with Gasteiger partial charge in [0, 0.05) is 5.56 Å². The molecule has 1 aliphatic heterocycles. The van der Waals surface area contributed by atoms with Crippen molar-refractivity contribution in [3.63, 3.8) is 0 Å². The Kier molecular flexibility index (Phi) is 5.56. The molecular formula is C16H24NO3+. The number of carbonyl (C=O) groups is 1. The number of aliphatic hydroxyl groups excluding tert-OH is 1. The molecule has 110 valence electrons. The van der Waals surface area contributed by atoms with Gasteiger partial charge in [-0.05, 0) is 50.5 Å². The van der Waals surface area contributed by atoms with Crippen LogP contribution in [0.25, 0.3) is 0 Å². The van der Waals surface area contributed by atoms with Crippen LogP contribution in [0, 0.1) is 0 Å². The second kappa shape index (κ2) is 7.41. The lowest BCUT2D eigenvalue weighted by Crippen LogP contribution is -3.14. The minimum Gasteiger partial charge on any atom is -0.491 e. The Morgan fingerprint density at radius 2 is 1.90 bits per heavy atom. The fourth-order valence-corrected chi connectivity index (χ4v) is 2.63. The Morgan fingerprint density at radius 1 is 1.25 bits per heavy atom. The Labute approximate surface area is 120 Å². The van der Waals surface area contributed by atoms with Crippen molar-refractivity contribution in [2.75, 3.05) is 26.2 Å². The van der Waals surface area contributed by atoms with Crippen molar-refractivity contribution in [1.82, 2.24) is 0 Å². The molecule has 1 saturated heterocycles. The largest absolute Gasteiger partial charge is 0.491 e. The van der Waals surface area contributed by atoms with Crippen LogP contribution in [0.2, 0.25) is 0 Å². The molecule has 1 fully saturated rings. The molecule has 0 radical (unpaired) electrons. The van der Waals surface area contributed by atoms with E-state index in [1.54, 1.807) is 31.2 Å². The van der Waals surface area contributed by atoms with Gasteiger partial charge in [-0.3, -0.25) is 4.79 Å². The number of carbonyl (C=O) groups excluding carboxylic acids is 1. The fourth-order valence-electron chi connectivity index (χ4n) is 2.63. The third kappa shape index (κ3) is 4.62. The molecule has 0 aromatic heterocycles. The van der Waals surface area contributed by atoms with E-state index in [0.29, 0.717) is 17.9 Å². The van der Waals surface area contributed by atoms with E-state index in [9.17, 15) is 9.90 Å². The first-order valence-corrected chi connectivity index (χ1v) is 7.40. The van der Waals surface area contributed by atoms with Crippen molar-refractivity contribution in [3.8, 4) is 5.75 Å². The highest BCUT2D eigenvalue weighted by Gasteiger charge is 2.18. The van der Waals surface area contributed by atoms with Gasteiger partial charge in [0.25, 0.3) is 0 Å². The number of ether oxygens (including phenoxy) is 1. The van der Waals surface area contributed by atoms with Gasteiger partial charge in [-0.2, -0.15) is 0 Å². The minimum absolute atomic E-state index is 0.0466. The van der Waals surface area contributed by atoms with Gasteiger partial charge in [0.2, 0.25) is 0 Å². The van der Waals surface area contributed by atoms with Crippen LogP contribution in [0.5, 0.6) is 5.75 Å². The predicted octanol–water partition coefficient (Wildman–Crippen LogP) is 0.698. The van der Waals surface area contributed by atoms with E-state index in [2.05, 4.69) is 0 Å². The van der Waals surface area contributed by atoms with Crippen LogP contribution in [0.15, 0.2) is 24.3 Å². The van der Waals surface area contributed by atoms with E-state index in [4.69, 9.17) is 4.74 Å². The lowest BCUT2D eigenvalue weighted by molar-refractivity contribution is -0.908. The summed E-state index contributed by atoms with van der Waals surface area (Å²) in [6.45, 7) is 4.92. The Hall–Kier alpha value is -1.39. The second-order valence-electron chi connectivity index (χ2n) is 5.56. The van der Waals surface area contributed by atoms with Crippen molar-refractivity contribution in [3.05, 3.63) is 29.8 Å². The molecule has 0 bridgehead atoms. The summed E-state index contributed by atoms with van der Waals surface area (Å²) in [6, 6.07) is 7.05. The Bertz CT molecular complexity index is 424. The molecule has 2 rings (SSSR count). The van der Waals surface area contributed by atoms with Crippen LogP contribution < -0.4 is 9.64 Å². The highest BCUT2D eigenvalue weighted by molar-refractivity contribution is 5.94. The number of hydrogen-bond donors (Lipinski definition) is 2. The number of aliphatic hydroxyl groups is 1. The van der Waals surface area contributed by atoms with Crippen LogP contribution in [0.1, 0.15) is 36.5 Å². The number of benzene rings is 1. The van der Waals surface area contributed by atoms with Gasteiger partial charge in [-0.1, -0.05) is 0 Å². The first kappa shape index (κ1) is 15.0. The first-order valence-electron chi connectivity index (χ1n) is 7.40. The molecule has 1 aromatic rings. The highest BCUT2D eigenvalue weighted by atomic mass is 16.5. The molecule has 0 saturated carbocycles. The van der Waals surface area contributed by atoms with E-state index in [-0.39, 0.29) is 5.78 Å². The molecule has 1 atom stereocenters. The smallest absolute Gasteiger partial charge is 0.159 e. The minimum atomic E-state index is -0.435. The van der Waals surface area contributed by atoms with Crippen molar-refractivity contribution in [2.45, 2.75) is 32.3 Å². The molecule has 1 aliphatic rings. The summed E-state index contributed by atoms with van der Waals surface area (Å²) in [7, 11) is 0. The van der Waals surface area contributed by atoms with E-state index < -0.39 is 6.10 Å². The quantitative estimate of drug-likeness (QED) is 0.753. The van der Waals surface area contributed by atoms with Gasteiger partial charge in [0.15, 0.2) is 5.78 Å². The average Bonchev–Trinajstić information content (AvgIpc) is 2.46. The van der Waals surface area contributed by atoms with Crippen LogP contribution in [-0.4, -0.2) is 43.2 Å². The molecule has 20 heavy (non-hydrogen) atoms. The second-order valence-corrected chi connectivity index (χ2v) is 5.56. The zero-order chi connectivity index (χ0) is 14.4. The van der Waals surface area contributed by atoms with Gasteiger partial charge in [-0.25, -0.2) is 0 Å². The van der Waals surface area contributed by atoms with E-state index in [1.165, 1.54) is 24.2 Å². The van der Waals surface area contributed by atoms with Crippen LogP contribution >= 0.6 is 0 Å². The van der Waals surface area contributed by atoms with Gasteiger partial charge < -0.3 is 14.7 Å². The lowest BCUT2D eigenvalue weighted by atomic mass is 10.1. The molecule has 1 aromatic carbocycles. The van der Waals surface area contributed by atoms with E-state index in [0.717, 1.165) is 19.6 Å². The Balaban J connectivity index is 1.74. The molecule has 4 nitrogen and oxygen atoms in total. The number of likely N-dealkylation sites (tertiary alicyclic amines) is 1. The van der Waals surface area contributed by atoms with Crippen molar-refractivity contribution >= 4 is 5.78 Å². The van der Waals surface area contributed by atoms with E-state index >= 15 is 0 Å². The van der Waals surface area contributed by atoms with Crippen molar-refractivity contribution in [1.29, 1.82) is 0 Å². The average molecular weight is 278 g/mol. The molecule has 0 unspecified atom stereocenters. The zero-order valence-corrected chi connectivity index (χ0v) is 12.1.